The average molecular weight is 522 g/mol. The second kappa shape index (κ2) is 11.3. The number of aliphatic hydroxyl groups is 1. The summed E-state index contributed by atoms with van der Waals surface area (Å²) in [5.74, 6) is 0.637. The number of halogens is 1. The summed E-state index contributed by atoms with van der Waals surface area (Å²) in [6.45, 7) is 3.64. The Morgan fingerprint density at radius 3 is 1.95 bits per heavy atom. The van der Waals surface area contributed by atoms with Gasteiger partial charge in [-0.15, -0.1) is 12.4 Å². The first-order valence-electron chi connectivity index (χ1n) is 12.3. The van der Waals surface area contributed by atoms with Crippen molar-refractivity contribution < 1.29 is 14.7 Å². The first kappa shape index (κ1) is 26.6. The fourth-order valence-corrected chi connectivity index (χ4v) is 5.34. The maximum atomic E-state index is 13.8. The topological polar surface area (TPSA) is 80.2 Å². The van der Waals surface area contributed by atoms with Gasteiger partial charge in [0.15, 0.2) is 5.54 Å². The number of imide groups is 1. The van der Waals surface area contributed by atoms with Crippen molar-refractivity contribution in [1.82, 2.24) is 19.7 Å². The molecule has 5 rings (SSSR count). The van der Waals surface area contributed by atoms with Crippen LogP contribution in [0.1, 0.15) is 11.1 Å². The van der Waals surface area contributed by atoms with Gasteiger partial charge in [0.05, 0.1) is 12.6 Å². The number of piperazine rings is 1. The lowest BCUT2D eigenvalue weighted by atomic mass is 9.81. The van der Waals surface area contributed by atoms with Gasteiger partial charge in [0.25, 0.3) is 5.91 Å². The first-order chi connectivity index (χ1) is 17.5. The number of likely N-dealkylation sites (N-methyl/N-ethyl adjacent to an activating group) is 1. The lowest BCUT2D eigenvalue weighted by molar-refractivity contribution is -0.131. The molecule has 1 aromatic heterocycles. The number of aromatic nitrogens is 1. The first-order valence-corrected chi connectivity index (χ1v) is 12.3. The molecule has 1 unspecified atom stereocenters. The molecule has 194 valence electrons. The van der Waals surface area contributed by atoms with Gasteiger partial charge in [-0.2, -0.15) is 0 Å². The summed E-state index contributed by atoms with van der Waals surface area (Å²) in [4.78, 5) is 38.7. The largest absolute Gasteiger partial charge is 0.390 e. The summed E-state index contributed by atoms with van der Waals surface area (Å²) in [5, 5.41) is 11.2. The number of anilines is 1. The molecule has 0 spiro atoms. The highest BCUT2D eigenvalue weighted by molar-refractivity contribution is 6.09. The molecule has 2 aliphatic rings. The monoisotopic (exact) mass is 521 g/mol. The highest BCUT2D eigenvalue weighted by Gasteiger charge is 2.58. The van der Waals surface area contributed by atoms with Crippen molar-refractivity contribution in [3.63, 3.8) is 0 Å². The van der Waals surface area contributed by atoms with Crippen LogP contribution in [0.5, 0.6) is 0 Å². The van der Waals surface area contributed by atoms with E-state index in [1.54, 1.807) is 6.20 Å². The van der Waals surface area contributed by atoms with Gasteiger partial charge in [0, 0.05) is 46.0 Å². The van der Waals surface area contributed by atoms with Gasteiger partial charge in [-0.1, -0.05) is 66.7 Å². The Balaban J connectivity index is 0.00000320. The van der Waals surface area contributed by atoms with Crippen molar-refractivity contribution in [2.75, 3.05) is 51.2 Å². The molecule has 0 radical (unpaired) electrons. The standard InChI is InChI=1S/C28H31N5O3.ClH/c1-30-26(35)28(22-10-4-2-5-11-22,23-12-6-3-7-13-23)33(27(30)36)21-24(34)20-31-16-18-32(19-17-31)25-14-8-9-15-29-25;/h2-15,24,34H,16-21H2,1H3;1H. The van der Waals surface area contributed by atoms with Crippen LogP contribution in [-0.4, -0.2) is 89.1 Å². The Bertz CT molecular complexity index is 1150. The van der Waals surface area contributed by atoms with Gasteiger partial charge in [0.1, 0.15) is 5.82 Å². The van der Waals surface area contributed by atoms with Crippen molar-refractivity contribution in [2.45, 2.75) is 11.6 Å². The van der Waals surface area contributed by atoms with E-state index in [1.165, 1.54) is 16.8 Å². The third kappa shape index (κ3) is 4.92. The number of pyridine rings is 1. The average Bonchev–Trinajstić information content (AvgIpc) is 3.11. The maximum Gasteiger partial charge on any atom is 0.328 e. The number of rotatable bonds is 7. The molecule has 3 aromatic rings. The number of carbonyl (C=O) groups excluding carboxylic acids is 2. The molecule has 2 aliphatic heterocycles. The lowest BCUT2D eigenvalue weighted by Gasteiger charge is -2.39. The molecule has 0 bridgehead atoms. The zero-order valence-electron chi connectivity index (χ0n) is 20.8. The highest BCUT2D eigenvalue weighted by atomic mass is 35.5. The van der Waals surface area contributed by atoms with Crippen molar-refractivity contribution in [3.8, 4) is 0 Å². The Hall–Kier alpha value is -3.46. The van der Waals surface area contributed by atoms with Crippen LogP contribution < -0.4 is 4.90 Å². The minimum atomic E-state index is -1.33. The molecule has 1 N–H and O–H groups in total. The van der Waals surface area contributed by atoms with Crippen LogP contribution in [0.25, 0.3) is 0 Å². The fourth-order valence-electron chi connectivity index (χ4n) is 5.34. The van der Waals surface area contributed by atoms with E-state index in [0.717, 1.165) is 32.0 Å². The van der Waals surface area contributed by atoms with E-state index < -0.39 is 17.7 Å². The number of amides is 3. The Morgan fingerprint density at radius 2 is 1.41 bits per heavy atom. The predicted molar refractivity (Wildman–Crippen MR) is 145 cm³/mol. The van der Waals surface area contributed by atoms with Crippen LogP contribution in [-0.2, 0) is 10.3 Å². The summed E-state index contributed by atoms with van der Waals surface area (Å²) in [6.07, 6.45) is 0.976. The molecule has 2 aromatic carbocycles. The quantitative estimate of drug-likeness (QED) is 0.482. The number of β-amino-alcohol motifs (C(OH)–C–C–N with tert-alkyl or cyclic N) is 1. The molecule has 2 saturated heterocycles. The van der Waals surface area contributed by atoms with Gasteiger partial charge in [0.2, 0.25) is 0 Å². The zero-order valence-corrected chi connectivity index (χ0v) is 21.6. The van der Waals surface area contributed by atoms with E-state index in [-0.39, 0.29) is 24.9 Å². The van der Waals surface area contributed by atoms with Crippen LogP contribution in [0, 0.1) is 0 Å². The second-order valence-corrected chi connectivity index (χ2v) is 9.33. The predicted octanol–water partition coefficient (Wildman–Crippen LogP) is 2.82. The SMILES string of the molecule is CN1C(=O)N(CC(O)CN2CCN(c3ccccn3)CC2)C(c2ccccc2)(c2ccccc2)C1=O.Cl. The van der Waals surface area contributed by atoms with Gasteiger partial charge in [-0.25, -0.2) is 9.78 Å². The molecular weight excluding hydrogens is 490 g/mol. The van der Waals surface area contributed by atoms with Crippen LogP contribution in [0.15, 0.2) is 85.1 Å². The number of carbonyl (C=O) groups is 2. The molecule has 3 amide bonds. The van der Waals surface area contributed by atoms with Gasteiger partial charge >= 0.3 is 6.03 Å². The Labute approximate surface area is 223 Å². The van der Waals surface area contributed by atoms with Crippen LogP contribution in [0.2, 0.25) is 0 Å². The van der Waals surface area contributed by atoms with Crippen molar-refractivity contribution >= 4 is 30.2 Å². The molecule has 2 fully saturated rings. The minimum absolute atomic E-state index is 0. The molecule has 0 aliphatic carbocycles. The van der Waals surface area contributed by atoms with Crippen molar-refractivity contribution in [3.05, 3.63) is 96.2 Å². The second-order valence-electron chi connectivity index (χ2n) is 9.33. The lowest BCUT2D eigenvalue weighted by Crippen LogP contribution is -2.53. The third-order valence-electron chi connectivity index (χ3n) is 7.13. The van der Waals surface area contributed by atoms with E-state index in [0.29, 0.717) is 17.7 Å². The number of hydrogen-bond donors (Lipinski definition) is 1. The molecule has 8 nitrogen and oxygen atoms in total. The van der Waals surface area contributed by atoms with Gasteiger partial charge < -0.3 is 10.0 Å². The molecule has 3 heterocycles. The molecular formula is C28H32ClN5O3. The number of nitrogens with zero attached hydrogens (tertiary/aromatic N) is 5. The summed E-state index contributed by atoms with van der Waals surface area (Å²) in [7, 11) is 1.51. The third-order valence-corrected chi connectivity index (χ3v) is 7.13. The summed E-state index contributed by atoms with van der Waals surface area (Å²) < 4.78 is 0. The van der Waals surface area contributed by atoms with E-state index in [2.05, 4.69) is 14.8 Å². The fraction of sp³-hybridized carbons (Fsp3) is 0.321. The maximum absolute atomic E-state index is 13.8. The normalized spacial score (nSPS) is 18.6. The van der Waals surface area contributed by atoms with E-state index in [4.69, 9.17) is 0 Å². The molecule has 37 heavy (non-hydrogen) atoms. The highest BCUT2D eigenvalue weighted by Crippen LogP contribution is 2.42. The van der Waals surface area contributed by atoms with Crippen molar-refractivity contribution in [2.24, 2.45) is 0 Å². The summed E-state index contributed by atoms with van der Waals surface area (Å²) >= 11 is 0. The van der Waals surface area contributed by atoms with Gasteiger partial charge in [-0.3, -0.25) is 19.5 Å². The number of hydrogen-bond acceptors (Lipinski definition) is 6. The summed E-state index contributed by atoms with van der Waals surface area (Å²) in [5.41, 5.74) is 0.0812. The minimum Gasteiger partial charge on any atom is -0.390 e. The Kier molecular flexibility index (Phi) is 8.12. The number of aliphatic hydroxyl groups excluding tert-OH is 1. The number of benzene rings is 2. The van der Waals surface area contributed by atoms with Gasteiger partial charge in [-0.05, 0) is 23.3 Å². The van der Waals surface area contributed by atoms with Crippen LogP contribution in [0.4, 0.5) is 10.6 Å². The number of urea groups is 1. The summed E-state index contributed by atoms with van der Waals surface area (Å²) in [6, 6.07) is 24.2. The Morgan fingerprint density at radius 1 is 0.838 bits per heavy atom. The smallest absolute Gasteiger partial charge is 0.328 e. The van der Waals surface area contributed by atoms with Crippen molar-refractivity contribution in [1.29, 1.82) is 0 Å². The van der Waals surface area contributed by atoms with Crippen LogP contribution in [0.3, 0.4) is 0 Å². The van der Waals surface area contributed by atoms with E-state index in [1.807, 2.05) is 78.9 Å². The molecule has 0 saturated carbocycles. The molecule has 9 heteroatoms. The van der Waals surface area contributed by atoms with Crippen LogP contribution >= 0.6 is 12.4 Å². The van der Waals surface area contributed by atoms with E-state index >= 15 is 0 Å². The zero-order chi connectivity index (χ0) is 25.1. The molecule has 1 atom stereocenters. The van der Waals surface area contributed by atoms with E-state index in [9.17, 15) is 14.7 Å².